The molecule has 0 aliphatic heterocycles. The molecule has 2 aromatic carbocycles. The van der Waals surface area contributed by atoms with E-state index in [1.807, 2.05) is 0 Å². The summed E-state index contributed by atoms with van der Waals surface area (Å²) in [6.45, 7) is 1.24. The second kappa shape index (κ2) is 9.62. The van der Waals surface area contributed by atoms with Crippen LogP contribution in [0.4, 0.5) is 5.69 Å². The van der Waals surface area contributed by atoms with E-state index >= 15 is 0 Å². The van der Waals surface area contributed by atoms with Crippen molar-refractivity contribution in [2.45, 2.75) is 6.92 Å². The first kappa shape index (κ1) is 22.5. The summed E-state index contributed by atoms with van der Waals surface area (Å²) >= 11 is 6.08. The molecule has 0 fully saturated rings. The lowest BCUT2D eigenvalue weighted by molar-refractivity contribution is -0.119. The van der Waals surface area contributed by atoms with Gasteiger partial charge in [0.25, 0.3) is 5.91 Å². The number of sulfonamides is 1. The van der Waals surface area contributed by atoms with Crippen LogP contribution >= 0.6 is 11.6 Å². The molecular weight excluding hydrogens is 418 g/mol. The zero-order chi connectivity index (χ0) is 21.6. The van der Waals surface area contributed by atoms with Gasteiger partial charge >= 0.3 is 0 Å². The van der Waals surface area contributed by atoms with Crippen LogP contribution in [-0.2, 0) is 14.8 Å². The third-order valence-electron chi connectivity index (χ3n) is 4.03. The van der Waals surface area contributed by atoms with Gasteiger partial charge in [0.05, 0.1) is 32.4 Å². The Balaban J connectivity index is 2.16. The number of carbonyl (C=O) groups is 1. The van der Waals surface area contributed by atoms with E-state index in [1.54, 1.807) is 43.3 Å². The largest absolute Gasteiger partial charge is 0.497 e. The highest BCUT2D eigenvalue weighted by Gasteiger charge is 2.23. The van der Waals surface area contributed by atoms with Crippen molar-refractivity contribution in [1.82, 2.24) is 5.43 Å². The fourth-order valence-electron chi connectivity index (χ4n) is 2.51. The van der Waals surface area contributed by atoms with Crippen LogP contribution in [0.3, 0.4) is 0 Å². The fourth-order valence-corrected chi connectivity index (χ4v) is 3.59. The van der Waals surface area contributed by atoms with E-state index in [9.17, 15) is 13.2 Å². The summed E-state index contributed by atoms with van der Waals surface area (Å²) in [6.07, 6.45) is 2.41. The molecule has 0 bridgehead atoms. The molecule has 0 aromatic heterocycles. The monoisotopic (exact) mass is 439 g/mol. The van der Waals surface area contributed by atoms with E-state index in [0.29, 0.717) is 33.3 Å². The summed E-state index contributed by atoms with van der Waals surface area (Å²) in [5.41, 5.74) is 3.82. The van der Waals surface area contributed by atoms with Crippen LogP contribution in [0.1, 0.15) is 11.1 Å². The molecule has 0 saturated heterocycles. The SMILES string of the molecule is COc1ccc(/C=N\NC(=O)CN(c2cccc(Cl)c2C)S(C)(=O)=O)c(OC)c1. The van der Waals surface area contributed by atoms with Gasteiger partial charge in [-0.2, -0.15) is 5.10 Å². The Labute approximate surface area is 175 Å². The summed E-state index contributed by atoms with van der Waals surface area (Å²) in [5, 5.41) is 4.29. The van der Waals surface area contributed by atoms with Gasteiger partial charge in [-0.25, -0.2) is 13.8 Å². The first-order chi connectivity index (χ1) is 13.7. The van der Waals surface area contributed by atoms with Gasteiger partial charge in [0.1, 0.15) is 18.0 Å². The van der Waals surface area contributed by atoms with Gasteiger partial charge < -0.3 is 9.47 Å². The maximum absolute atomic E-state index is 12.3. The molecule has 0 aliphatic rings. The molecule has 0 aliphatic carbocycles. The van der Waals surface area contributed by atoms with Gasteiger partial charge in [-0.15, -0.1) is 0 Å². The molecule has 156 valence electrons. The van der Waals surface area contributed by atoms with Crippen molar-refractivity contribution < 1.29 is 22.7 Å². The molecule has 0 heterocycles. The highest BCUT2D eigenvalue weighted by molar-refractivity contribution is 7.92. The lowest BCUT2D eigenvalue weighted by Crippen LogP contribution is -2.39. The van der Waals surface area contributed by atoms with Crippen molar-refractivity contribution in [2.24, 2.45) is 5.10 Å². The molecule has 2 aromatic rings. The number of rotatable bonds is 8. The number of methoxy groups -OCH3 is 2. The molecule has 0 saturated carbocycles. The first-order valence-electron chi connectivity index (χ1n) is 8.44. The smallest absolute Gasteiger partial charge is 0.260 e. The number of hydrazone groups is 1. The number of carbonyl (C=O) groups excluding carboxylic acids is 1. The maximum atomic E-state index is 12.3. The first-order valence-corrected chi connectivity index (χ1v) is 10.7. The highest BCUT2D eigenvalue weighted by atomic mass is 35.5. The van der Waals surface area contributed by atoms with Crippen molar-refractivity contribution in [2.75, 3.05) is 31.3 Å². The number of benzene rings is 2. The van der Waals surface area contributed by atoms with Crippen LogP contribution in [0.5, 0.6) is 11.5 Å². The minimum Gasteiger partial charge on any atom is -0.497 e. The molecule has 0 spiro atoms. The van der Waals surface area contributed by atoms with E-state index in [2.05, 4.69) is 10.5 Å². The van der Waals surface area contributed by atoms with Gasteiger partial charge in [0.15, 0.2) is 0 Å². The Morgan fingerprint density at radius 3 is 2.59 bits per heavy atom. The second-order valence-corrected chi connectivity index (χ2v) is 8.37. The van der Waals surface area contributed by atoms with E-state index in [1.165, 1.54) is 20.4 Å². The Morgan fingerprint density at radius 2 is 1.97 bits per heavy atom. The van der Waals surface area contributed by atoms with Crippen LogP contribution in [0.2, 0.25) is 5.02 Å². The quantitative estimate of drug-likeness (QED) is 0.503. The second-order valence-electron chi connectivity index (χ2n) is 6.05. The van der Waals surface area contributed by atoms with E-state index < -0.39 is 22.5 Å². The van der Waals surface area contributed by atoms with Crippen LogP contribution in [-0.4, -0.2) is 47.6 Å². The average Bonchev–Trinajstić information content (AvgIpc) is 2.68. The highest BCUT2D eigenvalue weighted by Crippen LogP contribution is 2.28. The number of hydrogen-bond donors (Lipinski definition) is 1. The third kappa shape index (κ3) is 5.85. The van der Waals surface area contributed by atoms with Crippen LogP contribution in [0.25, 0.3) is 0 Å². The lowest BCUT2D eigenvalue weighted by Gasteiger charge is -2.23. The van der Waals surface area contributed by atoms with Gasteiger partial charge in [0, 0.05) is 16.7 Å². The molecule has 1 amide bonds. The van der Waals surface area contributed by atoms with Gasteiger partial charge in [0.2, 0.25) is 10.0 Å². The molecule has 10 heteroatoms. The molecule has 1 N–H and O–H groups in total. The molecular formula is C19H22ClN3O5S. The van der Waals surface area contributed by atoms with E-state index in [4.69, 9.17) is 21.1 Å². The summed E-state index contributed by atoms with van der Waals surface area (Å²) in [6, 6.07) is 9.96. The number of halogens is 1. The lowest BCUT2D eigenvalue weighted by atomic mass is 10.2. The number of anilines is 1. The summed E-state index contributed by atoms with van der Waals surface area (Å²) in [7, 11) is -0.678. The number of nitrogens with zero attached hydrogens (tertiary/aromatic N) is 2. The van der Waals surface area contributed by atoms with Crippen molar-refractivity contribution in [1.29, 1.82) is 0 Å². The normalized spacial score (nSPS) is 11.3. The standard InChI is InChI=1S/C19H22ClN3O5S/c1-13-16(20)6-5-7-17(13)23(29(4,25)26)12-19(24)22-21-11-14-8-9-15(27-2)10-18(14)28-3/h5-11H,12H2,1-4H3,(H,22,24)/b21-11-. The van der Waals surface area contributed by atoms with E-state index in [0.717, 1.165) is 10.6 Å². The Hall–Kier alpha value is -2.78. The minimum atomic E-state index is -3.72. The number of nitrogens with one attached hydrogen (secondary N) is 1. The van der Waals surface area contributed by atoms with Crippen LogP contribution in [0, 0.1) is 6.92 Å². The number of hydrogen-bond acceptors (Lipinski definition) is 6. The fraction of sp³-hybridized carbons (Fsp3) is 0.263. The van der Waals surface area contributed by atoms with Gasteiger partial charge in [-0.1, -0.05) is 17.7 Å². The zero-order valence-corrected chi connectivity index (χ0v) is 18.0. The minimum absolute atomic E-state index is 0.330. The summed E-state index contributed by atoms with van der Waals surface area (Å²) < 4.78 is 35.8. The Morgan fingerprint density at radius 1 is 1.24 bits per heavy atom. The molecule has 0 atom stereocenters. The summed E-state index contributed by atoms with van der Waals surface area (Å²) in [4.78, 5) is 12.3. The Bertz CT molecular complexity index is 1020. The topological polar surface area (TPSA) is 97.3 Å². The van der Waals surface area contributed by atoms with Crippen molar-refractivity contribution >= 4 is 39.4 Å². The molecule has 0 unspecified atom stereocenters. The average molecular weight is 440 g/mol. The van der Waals surface area contributed by atoms with Gasteiger partial charge in [-0.05, 0) is 36.8 Å². The third-order valence-corrected chi connectivity index (χ3v) is 5.56. The van der Waals surface area contributed by atoms with Crippen molar-refractivity contribution in [3.63, 3.8) is 0 Å². The number of ether oxygens (including phenoxy) is 2. The van der Waals surface area contributed by atoms with Crippen molar-refractivity contribution in [3.8, 4) is 11.5 Å². The van der Waals surface area contributed by atoms with Gasteiger partial charge in [-0.3, -0.25) is 9.10 Å². The molecule has 29 heavy (non-hydrogen) atoms. The van der Waals surface area contributed by atoms with Crippen LogP contribution < -0.4 is 19.2 Å². The Kier molecular flexibility index (Phi) is 7.46. The predicted molar refractivity (Wildman–Crippen MR) is 114 cm³/mol. The number of amides is 1. The van der Waals surface area contributed by atoms with Crippen LogP contribution in [0.15, 0.2) is 41.5 Å². The maximum Gasteiger partial charge on any atom is 0.260 e. The van der Waals surface area contributed by atoms with Crippen molar-refractivity contribution in [3.05, 3.63) is 52.5 Å². The summed E-state index contributed by atoms with van der Waals surface area (Å²) in [5.74, 6) is 0.511. The predicted octanol–water partition coefficient (Wildman–Crippen LogP) is 2.58. The molecule has 8 nitrogen and oxygen atoms in total. The molecule has 0 radical (unpaired) electrons. The van der Waals surface area contributed by atoms with E-state index in [-0.39, 0.29) is 0 Å². The zero-order valence-electron chi connectivity index (χ0n) is 16.5. The molecule has 2 rings (SSSR count).